The predicted molar refractivity (Wildman–Crippen MR) is 130 cm³/mol. The van der Waals surface area contributed by atoms with Gasteiger partial charge < -0.3 is 25.4 Å². The van der Waals surface area contributed by atoms with Crippen LogP contribution < -0.4 is 16.0 Å². The van der Waals surface area contributed by atoms with Gasteiger partial charge >= 0.3 is 6.03 Å². The van der Waals surface area contributed by atoms with Crippen molar-refractivity contribution in [2.45, 2.75) is 57.2 Å². The third kappa shape index (κ3) is 6.14. The number of urea groups is 1. The van der Waals surface area contributed by atoms with Gasteiger partial charge in [0.2, 0.25) is 5.91 Å². The number of hydrogen-bond donors (Lipinski definition) is 3. The second-order valence-electron chi connectivity index (χ2n) is 9.03. The van der Waals surface area contributed by atoms with Gasteiger partial charge in [0.25, 0.3) is 0 Å². The van der Waals surface area contributed by atoms with Crippen LogP contribution in [0.3, 0.4) is 0 Å². The Hall–Kier alpha value is -3.38. The highest BCUT2D eigenvalue weighted by Gasteiger charge is 2.33. The summed E-state index contributed by atoms with van der Waals surface area (Å²) in [5.74, 6) is -0.133. The molecule has 180 valence electrons. The summed E-state index contributed by atoms with van der Waals surface area (Å²) in [7, 11) is 0. The number of carbonyl (C=O) groups is 2. The van der Waals surface area contributed by atoms with E-state index in [1.165, 1.54) is 6.42 Å². The maximum absolute atomic E-state index is 13.0. The van der Waals surface area contributed by atoms with E-state index in [0.717, 1.165) is 36.9 Å². The van der Waals surface area contributed by atoms with Crippen molar-refractivity contribution in [2.75, 3.05) is 26.2 Å². The average molecular weight is 464 g/mol. The molecule has 2 fully saturated rings. The summed E-state index contributed by atoms with van der Waals surface area (Å²) in [4.78, 5) is 35.2. The van der Waals surface area contributed by atoms with E-state index < -0.39 is 6.04 Å². The maximum atomic E-state index is 13.0. The molecule has 1 aliphatic heterocycles. The van der Waals surface area contributed by atoms with Crippen LogP contribution in [0.1, 0.15) is 43.4 Å². The maximum Gasteiger partial charge on any atom is 0.318 e. The summed E-state index contributed by atoms with van der Waals surface area (Å²) in [6.07, 6.45) is 9.81. The highest BCUT2D eigenvalue weighted by atomic mass is 16.2. The van der Waals surface area contributed by atoms with Crippen LogP contribution in [0.2, 0.25) is 0 Å². The molecule has 1 atom stereocenters. The molecule has 3 N–H and O–H groups in total. The highest BCUT2D eigenvalue weighted by Crippen LogP contribution is 2.18. The molecule has 4 rings (SSSR count). The summed E-state index contributed by atoms with van der Waals surface area (Å²) in [5.41, 5.74) is 2.72. The van der Waals surface area contributed by atoms with Crippen LogP contribution in [-0.4, -0.2) is 64.7 Å². The van der Waals surface area contributed by atoms with Crippen LogP contribution >= 0.6 is 0 Å². The lowest BCUT2D eigenvalue weighted by atomic mass is 9.96. The zero-order valence-electron chi connectivity index (χ0n) is 19.5. The van der Waals surface area contributed by atoms with E-state index in [4.69, 9.17) is 6.57 Å². The van der Waals surface area contributed by atoms with E-state index >= 15 is 0 Å². The van der Waals surface area contributed by atoms with E-state index in [9.17, 15) is 9.59 Å². The Morgan fingerprint density at radius 2 is 1.97 bits per heavy atom. The number of piperazine rings is 1. The molecule has 2 aliphatic rings. The fraction of sp³-hybridized carbons (Fsp3) is 0.520. The van der Waals surface area contributed by atoms with Crippen molar-refractivity contribution in [3.05, 3.63) is 59.5 Å². The topological polar surface area (TPSA) is 95.7 Å². The van der Waals surface area contributed by atoms with Gasteiger partial charge in [-0.15, -0.1) is 0 Å². The Kier molecular flexibility index (Phi) is 8.15. The first-order chi connectivity index (χ1) is 16.6. The van der Waals surface area contributed by atoms with Crippen LogP contribution in [0.15, 0.2) is 36.8 Å². The number of benzene rings is 1. The minimum absolute atomic E-state index is 0.129. The number of hydrogen-bond acceptors (Lipinski definition) is 4. The van der Waals surface area contributed by atoms with E-state index in [2.05, 4.69) is 25.8 Å². The molecule has 1 saturated carbocycles. The molecule has 1 aromatic carbocycles. The highest BCUT2D eigenvalue weighted by molar-refractivity contribution is 5.87. The van der Waals surface area contributed by atoms with Gasteiger partial charge in [0.1, 0.15) is 6.04 Å². The second-order valence-corrected chi connectivity index (χ2v) is 9.03. The van der Waals surface area contributed by atoms with Crippen LogP contribution in [0.5, 0.6) is 0 Å². The van der Waals surface area contributed by atoms with Gasteiger partial charge in [-0.25, -0.2) is 14.6 Å². The smallest absolute Gasteiger partial charge is 0.318 e. The van der Waals surface area contributed by atoms with Gasteiger partial charge in [-0.3, -0.25) is 4.79 Å². The molecule has 0 spiro atoms. The minimum atomic E-state index is -0.511. The lowest BCUT2D eigenvalue weighted by molar-refractivity contribution is -0.125. The first-order valence-electron chi connectivity index (χ1n) is 12.1. The minimum Gasteiger partial charge on any atom is -0.354 e. The molecule has 9 nitrogen and oxygen atoms in total. The van der Waals surface area contributed by atoms with Crippen LogP contribution in [0.25, 0.3) is 4.85 Å². The van der Waals surface area contributed by atoms with Gasteiger partial charge in [-0.1, -0.05) is 43.5 Å². The summed E-state index contributed by atoms with van der Waals surface area (Å²) in [5, 5.41) is 9.39. The summed E-state index contributed by atoms with van der Waals surface area (Å²) in [6, 6.07) is 7.10. The number of nitrogens with zero attached hydrogens (tertiary/aromatic N) is 4. The molecule has 1 saturated heterocycles. The van der Waals surface area contributed by atoms with Crippen LogP contribution in [-0.2, 0) is 17.8 Å². The van der Waals surface area contributed by atoms with E-state index in [-0.39, 0.29) is 18.0 Å². The van der Waals surface area contributed by atoms with Crippen molar-refractivity contribution in [1.82, 2.24) is 30.4 Å². The first-order valence-corrected chi connectivity index (χ1v) is 12.1. The SMILES string of the molecule is [C-]#[N+]c1ccc(Cn2cncc2CCNC(=O)[C@H]2CNCCN2C(=O)NC2CCCCC2)cc1. The van der Waals surface area contributed by atoms with Crippen molar-refractivity contribution < 1.29 is 9.59 Å². The van der Waals surface area contributed by atoms with Gasteiger partial charge in [0, 0.05) is 57.1 Å². The lowest BCUT2D eigenvalue weighted by Gasteiger charge is -2.36. The van der Waals surface area contributed by atoms with E-state index in [0.29, 0.717) is 44.8 Å². The molecule has 0 bridgehead atoms. The van der Waals surface area contributed by atoms with Crippen molar-refractivity contribution in [2.24, 2.45) is 0 Å². The fourth-order valence-corrected chi connectivity index (χ4v) is 4.69. The average Bonchev–Trinajstić information content (AvgIpc) is 3.31. The second kappa shape index (κ2) is 11.7. The normalized spacial score (nSPS) is 18.8. The van der Waals surface area contributed by atoms with Gasteiger partial charge in [-0.2, -0.15) is 0 Å². The van der Waals surface area contributed by atoms with Gasteiger partial charge in [-0.05, 0) is 18.4 Å². The van der Waals surface area contributed by atoms with Gasteiger partial charge in [0.05, 0.1) is 12.9 Å². The summed E-state index contributed by atoms with van der Waals surface area (Å²) < 4.78 is 2.05. The zero-order chi connectivity index (χ0) is 23.8. The Morgan fingerprint density at radius 3 is 2.74 bits per heavy atom. The third-order valence-electron chi connectivity index (χ3n) is 6.64. The number of aromatic nitrogens is 2. The van der Waals surface area contributed by atoms with E-state index in [1.54, 1.807) is 11.2 Å². The van der Waals surface area contributed by atoms with Crippen molar-refractivity contribution in [1.29, 1.82) is 0 Å². The summed E-state index contributed by atoms with van der Waals surface area (Å²) >= 11 is 0. The Morgan fingerprint density at radius 1 is 1.18 bits per heavy atom. The Bertz CT molecular complexity index is 1010. The molecule has 1 aliphatic carbocycles. The first kappa shape index (κ1) is 23.8. The van der Waals surface area contributed by atoms with E-state index in [1.807, 2.05) is 35.0 Å². The fourth-order valence-electron chi connectivity index (χ4n) is 4.69. The Balaban J connectivity index is 1.28. The molecular formula is C25H33N7O2. The monoisotopic (exact) mass is 463 g/mol. The summed E-state index contributed by atoms with van der Waals surface area (Å²) in [6.45, 7) is 9.87. The zero-order valence-corrected chi connectivity index (χ0v) is 19.5. The molecule has 1 aromatic heterocycles. The van der Waals surface area contributed by atoms with Crippen LogP contribution in [0.4, 0.5) is 10.5 Å². The molecular weight excluding hydrogens is 430 g/mol. The Labute approximate surface area is 200 Å². The van der Waals surface area contributed by atoms with Gasteiger partial charge in [0.15, 0.2) is 5.69 Å². The molecule has 2 heterocycles. The third-order valence-corrected chi connectivity index (χ3v) is 6.64. The lowest BCUT2D eigenvalue weighted by Crippen LogP contribution is -2.62. The number of imidazole rings is 1. The molecule has 0 radical (unpaired) electrons. The molecule has 34 heavy (non-hydrogen) atoms. The molecule has 3 amide bonds. The van der Waals surface area contributed by atoms with Crippen molar-refractivity contribution in [3.63, 3.8) is 0 Å². The standard InChI is InChI=1S/C25H33N7O2/c1-26-20-9-7-19(8-10-20)17-31-18-28-15-22(31)11-12-29-24(33)23-16-27-13-14-32(23)25(34)30-21-5-3-2-4-6-21/h7-10,15,18,21,23,27H,2-6,11-14,16-17H2,(H,29,33)(H,30,34)/t23-/m1/s1. The molecule has 0 unspecified atom stereocenters. The number of carbonyl (C=O) groups excluding carboxylic acids is 2. The van der Waals surface area contributed by atoms with Crippen molar-refractivity contribution >= 4 is 17.6 Å². The van der Waals surface area contributed by atoms with Crippen LogP contribution in [0, 0.1) is 6.57 Å². The largest absolute Gasteiger partial charge is 0.354 e. The molecule has 9 heteroatoms. The number of rotatable bonds is 7. The predicted octanol–water partition coefficient (Wildman–Crippen LogP) is 2.46. The number of nitrogens with one attached hydrogen (secondary N) is 3. The molecule has 2 aromatic rings. The number of amides is 3. The van der Waals surface area contributed by atoms with Crippen molar-refractivity contribution in [3.8, 4) is 0 Å². The quantitative estimate of drug-likeness (QED) is 0.550.